The van der Waals surface area contributed by atoms with E-state index in [4.69, 9.17) is 0 Å². The van der Waals surface area contributed by atoms with Gasteiger partial charge >= 0.3 is 0 Å². The highest BCUT2D eigenvalue weighted by Crippen LogP contribution is 2.19. The first-order chi connectivity index (χ1) is 8.29. The smallest absolute Gasteiger partial charge is 0.128 e. The fourth-order valence-corrected chi connectivity index (χ4v) is 2.03. The molecule has 0 fully saturated rings. The summed E-state index contributed by atoms with van der Waals surface area (Å²) in [6, 6.07) is 14.9. The Morgan fingerprint density at radius 2 is 1.94 bits per heavy atom. The molecule has 0 unspecified atom stereocenters. The summed E-state index contributed by atoms with van der Waals surface area (Å²) in [4.78, 5) is 1.20. The predicted molar refractivity (Wildman–Crippen MR) is 71.9 cm³/mol. The molecule has 0 aromatic heterocycles. The quantitative estimate of drug-likeness (QED) is 0.814. The molecule has 0 spiro atoms. The van der Waals surface area contributed by atoms with Crippen LogP contribution in [-0.4, -0.2) is 6.26 Å². The van der Waals surface area contributed by atoms with Gasteiger partial charge in [-0.05, 0) is 30.5 Å². The number of benzene rings is 2. The third-order valence-electron chi connectivity index (χ3n) is 2.51. The van der Waals surface area contributed by atoms with Gasteiger partial charge in [0.2, 0.25) is 0 Å². The number of thioether (sulfide) groups is 1. The molecule has 0 aliphatic carbocycles. The molecule has 2 rings (SSSR count). The minimum Gasteiger partial charge on any atom is -0.381 e. The summed E-state index contributed by atoms with van der Waals surface area (Å²) < 4.78 is 13.4. The molecule has 2 aromatic carbocycles. The SMILES string of the molecule is CSc1cccc(NCc2ccccc2F)c1. The van der Waals surface area contributed by atoms with Crippen LogP contribution < -0.4 is 5.32 Å². The lowest BCUT2D eigenvalue weighted by atomic mass is 10.2. The van der Waals surface area contributed by atoms with Crippen molar-refractivity contribution in [2.45, 2.75) is 11.4 Å². The zero-order valence-corrected chi connectivity index (χ0v) is 10.4. The van der Waals surface area contributed by atoms with Gasteiger partial charge in [0.1, 0.15) is 5.82 Å². The van der Waals surface area contributed by atoms with Crippen molar-refractivity contribution in [2.75, 3.05) is 11.6 Å². The van der Waals surface area contributed by atoms with Gasteiger partial charge in [-0.15, -0.1) is 11.8 Å². The van der Waals surface area contributed by atoms with Crippen LogP contribution in [0.1, 0.15) is 5.56 Å². The van der Waals surface area contributed by atoms with Crippen LogP contribution in [0.3, 0.4) is 0 Å². The maximum absolute atomic E-state index is 13.4. The first kappa shape index (κ1) is 12.0. The second kappa shape index (κ2) is 5.73. The minimum absolute atomic E-state index is 0.166. The van der Waals surface area contributed by atoms with Crippen LogP contribution in [0, 0.1) is 5.82 Å². The van der Waals surface area contributed by atoms with Crippen LogP contribution in [0.25, 0.3) is 0 Å². The highest BCUT2D eigenvalue weighted by atomic mass is 32.2. The summed E-state index contributed by atoms with van der Waals surface area (Å²) in [5, 5.41) is 3.22. The average Bonchev–Trinajstić information content (AvgIpc) is 2.38. The van der Waals surface area contributed by atoms with E-state index < -0.39 is 0 Å². The van der Waals surface area contributed by atoms with Crippen LogP contribution in [-0.2, 0) is 6.54 Å². The number of nitrogens with one attached hydrogen (secondary N) is 1. The minimum atomic E-state index is -0.166. The Labute approximate surface area is 105 Å². The second-order valence-corrected chi connectivity index (χ2v) is 4.56. The van der Waals surface area contributed by atoms with Gasteiger partial charge in [0.05, 0.1) is 0 Å². The third kappa shape index (κ3) is 3.24. The number of anilines is 1. The molecule has 17 heavy (non-hydrogen) atoms. The van der Waals surface area contributed by atoms with E-state index in [9.17, 15) is 4.39 Å². The summed E-state index contributed by atoms with van der Waals surface area (Å²) in [6.45, 7) is 0.504. The summed E-state index contributed by atoms with van der Waals surface area (Å²) in [5.74, 6) is -0.166. The van der Waals surface area contributed by atoms with E-state index in [1.807, 2.05) is 24.5 Å². The van der Waals surface area contributed by atoms with Gasteiger partial charge in [-0.25, -0.2) is 4.39 Å². The van der Waals surface area contributed by atoms with E-state index in [2.05, 4.69) is 17.4 Å². The highest BCUT2D eigenvalue weighted by Gasteiger charge is 2.00. The fraction of sp³-hybridized carbons (Fsp3) is 0.143. The summed E-state index contributed by atoms with van der Waals surface area (Å²) in [5.41, 5.74) is 1.70. The lowest BCUT2D eigenvalue weighted by Crippen LogP contribution is -2.01. The topological polar surface area (TPSA) is 12.0 Å². The zero-order valence-electron chi connectivity index (χ0n) is 9.61. The Hall–Kier alpha value is -1.48. The third-order valence-corrected chi connectivity index (χ3v) is 3.24. The second-order valence-electron chi connectivity index (χ2n) is 3.68. The van der Waals surface area contributed by atoms with Crippen LogP contribution in [0.5, 0.6) is 0 Å². The molecule has 0 aliphatic heterocycles. The lowest BCUT2D eigenvalue weighted by Gasteiger charge is -2.08. The molecule has 0 amide bonds. The van der Waals surface area contributed by atoms with Crippen LogP contribution in [0.4, 0.5) is 10.1 Å². The van der Waals surface area contributed by atoms with E-state index in [-0.39, 0.29) is 5.82 Å². The predicted octanol–water partition coefficient (Wildman–Crippen LogP) is 4.16. The normalized spacial score (nSPS) is 10.2. The molecule has 0 radical (unpaired) electrons. The van der Waals surface area contributed by atoms with Crippen molar-refractivity contribution in [2.24, 2.45) is 0 Å². The van der Waals surface area contributed by atoms with Gasteiger partial charge < -0.3 is 5.32 Å². The molecule has 1 N–H and O–H groups in total. The van der Waals surface area contributed by atoms with Gasteiger partial charge in [0, 0.05) is 22.7 Å². The van der Waals surface area contributed by atoms with Crippen molar-refractivity contribution in [3.8, 4) is 0 Å². The Kier molecular flexibility index (Phi) is 4.04. The molecule has 0 saturated carbocycles. The van der Waals surface area contributed by atoms with Gasteiger partial charge in [0.25, 0.3) is 0 Å². The van der Waals surface area contributed by atoms with E-state index in [0.717, 1.165) is 5.69 Å². The van der Waals surface area contributed by atoms with Gasteiger partial charge in [-0.1, -0.05) is 24.3 Å². The van der Waals surface area contributed by atoms with Crippen molar-refractivity contribution in [1.82, 2.24) is 0 Å². The Balaban J connectivity index is 2.05. The zero-order chi connectivity index (χ0) is 12.1. The average molecular weight is 247 g/mol. The van der Waals surface area contributed by atoms with Crippen molar-refractivity contribution < 1.29 is 4.39 Å². The number of halogens is 1. The fourth-order valence-electron chi connectivity index (χ4n) is 1.57. The van der Waals surface area contributed by atoms with Crippen molar-refractivity contribution in [3.05, 3.63) is 59.9 Å². The Morgan fingerprint density at radius 1 is 1.12 bits per heavy atom. The molecule has 0 atom stereocenters. The molecule has 0 aliphatic rings. The maximum atomic E-state index is 13.4. The van der Waals surface area contributed by atoms with Crippen LogP contribution >= 0.6 is 11.8 Å². The first-order valence-corrected chi connectivity index (χ1v) is 6.63. The van der Waals surface area contributed by atoms with Gasteiger partial charge in [-0.2, -0.15) is 0 Å². The molecule has 2 aromatic rings. The summed E-state index contributed by atoms with van der Waals surface area (Å²) in [6.07, 6.45) is 2.04. The van der Waals surface area contributed by atoms with Crippen molar-refractivity contribution >= 4 is 17.4 Å². The molecule has 3 heteroatoms. The van der Waals surface area contributed by atoms with Crippen LogP contribution in [0.15, 0.2) is 53.4 Å². The van der Waals surface area contributed by atoms with Crippen molar-refractivity contribution in [3.63, 3.8) is 0 Å². The largest absolute Gasteiger partial charge is 0.381 e. The molecule has 1 nitrogen and oxygen atoms in total. The standard InChI is InChI=1S/C14H14FNS/c1-17-13-7-4-6-12(9-13)16-10-11-5-2-3-8-14(11)15/h2-9,16H,10H2,1H3. The van der Waals surface area contributed by atoms with E-state index in [1.54, 1.807) is 23.9 Å². The summed E-state index contributed by atoms with van der Waals surface area (Å²) in [7, 11) is 0. The van der Waals surface area contributed by atoms with Crippen LogP contribution in [0.2, 0.25) is 0 Å². The van der Waals surface area contributed by atoms with Gasteiger partial charge in [-0.3, -0.25) is 0 Å². The molecular formula is C14H14FNS. The molecule has 0 heterocycles. The lowest BCUT2D eigenvalue weighted by molar-refractivity contribution is 0.613. The monoisotopic (exact) mass is 247 g/mol. The Morgan fingerprint density at radius 3 is 2.71 bits per heavy atom. The maximum Gasteiger partial charge on any atom is 0.128 e. The van der Waals surface area contributed by atoms with Gasteiger partial charge in [0.15, 0.2) is 0 Å². The molecule has 88 valence electrons. The van der Waals surface area contributed by atoms with Crippen molar-refractivity contribution in [1.29, 1.82) is 0 Å². The molecular weight excluding hydrogens is 233 g/mol. The van der Waals surface area contributed by atoms with E-state index in [1.165, 1.54) is 11.0 Å². The number of rotatable bonds is 4. The number of hydrogen-bond acceptors (Lipinski definition) is 2. The van der Waals surface area contributed by atoms with E-state index >= 15 is 0 Å². The Bertz CT molecular complexity index is 499. The first-order valence-electron chi connectivity index (χ1n) is 5.41. The number of hydrogen-bond donors (Lipinski definition) is 1. The molecule has 0 bridgehead atoms. The molecule has 0 saturated heterocycles. The highest BCUT2D eigenvalue weighted by molar-refractivity contribution is 7.98. The van der Waals surface area contributed by atoms with E-state index in [0.29, 0.717) is 12.1 Å². The summed E-state index contributed by atoms with van der Waals surface area (Å²) >= 11 is 1.69.